The average Bonchev–Trinajstić information content (AvgIpc) is 2.57. The average molecular weight is 242 g/mol. The number of aromatic amines is 1. The molecule has 0 amide bonds. The number of H-pyrrole nitrogens is 1. The topological polar surface area (TPSA) is 64.1 Å². The number of nitrogens with one attached hydrogen (secondary N) is 1. The Hall–Kier alpha value is -1.43. The first-order valence-corrected chi connectivity index (χ1v) is 5.65. The second kappa shape index (κ2) is 4.44. The Morgan fingerprint density at radius 2 is 2.24 bits per heavy atom. The van der Waals surface area contributed by atoms with E-state index in [1.54, 1.807) is 6.92 Å². The number of hydrogen-bond acceptors (Lipinski definition) is 3. The van der Waals surface area contributed by atoms with Crippen LogP contribution in [0.3, 0.4) is 0 Å². The number of nitrogens with zero attached hydrogens (tertiary/aromatic N) is 1. The van der Waals surface area contributed by atoms with E-state index in [1.165, 1.54) is 12.3 Å². The lowest BCUT2D eigenvalue weighted by atomic mass is 10.00. The lowest BCUT2D eigenvalue weighted by molar-refractivity contribution is -0.0236. The van der Waals surface area contributed by atoms with Gasteiger partial charge in [-0.25, -0.2) is 9.18 Å². The highest BCUT2D eigenvalue weighted by atomic mass is 19.1. The summed E-state index contributed by atoms with van der Waals surface area (Å²) in [6.07, 6.45) is -0.434. The van der Waals surface area contributed by atoms with E-state index in [0.717, 1.165) is 4.57 Å². The number of ether oxygens (including phenoxy) is 1. The number of rotatable bonds is 2. The van der Waals surface area contributed by atoms with Crippen LogP contribution in [-0.2, 0) is 4.74 Å². The Morgan fingerprint density at radius 1 is 1.53 bits per heavy atom. The summed E-state index contributed by atoms with van der Waals surface area (Å²) in [6.45, 7) is 3.67. The number of hydrogen-bond donors (Lipinski definition) is 1. The molecular formula is C11H15FN2O3. The molecular weight excluding hydrogens is 227 g/mol. The smallest absolute Gasteiger partial charge is 0.330 e. The Kier molecular flexibility index (Phi) is 3.15. The molecule has 1 N–H and O–H groups in total. The van der Waals surface area contributed by atoms with Gasteiger partial charge in [-0.3, -0.25) is 14.3 Å². The monoisotopic (exact) mass is 242 g/mol. The minimum absolute atomic E-state index is 0.200. The number of aromatic nitrogens is 2. The molecule has 0 aromatic carbocycles. The molecule has 5 nitrogen and oxygen atoms in total. The predicted molar refractivity (Wildman–Crippen MR) is 59.6 cm³/mol. The third-order valence-electron chi connectivity index (χ3n) is 3.20. The Morgan fingerprint density at radius 3 is 2.76 bits per heavy atom. The second-order valence-electron chi connectivity index (χ2n) is 4.29. The summed E-state index contributed by atoms with van der Waals surface area (Å²) < 4.78 is 20.6. The molecule has 94 valence electrons. The molecule has 0 saturated carbocycles. The van der Waals surface area contributed by atoms with Gasteiger partial charge in [0, 0.05) is 18.2 Å². The molecule has 0 aliphatic carbocycles. The van der Waals surface area contributed by atoms with Gasteiger partial charge in [0.1, 0.15) is 0 Å². The van der Waals surface area contributed by atoms with Crippen LogP contribution in [0, 0.1) is 5.92 Å². The van der Waals surface area contributed by atoms with Gasteiger partial charge in [0.2, 0.25) is 0 Å². The van der Waals surface area contributed by atoms with E-state index in [0.29, 0.717) is 6.42 Å². The van der Waals surface area contributed by atoms with E-state index in [1.807, 2.05) is 6.92 Å². The molecule has 1 saturated heterocycles. The summed E-state index contributed by atoms with van der Waals surface area (Å²) in [5.41, 5.74) is -1.14. The van der Waals surface area contributed by atoms with Gasteiger partial charge in [0.25, 0.3) is 5.56 Å². The predicted octanol–water partition coefficient (Wildman–Crippen LogP) is 0.818. The molecule has 1 aromatic rings. The fourth-order valence-corrected chi connectivity index (χ4v) is 2.16. The van der Waals surface area contributed by atoms with Gasteiger partial charge < -0.3 is 4.74 Å². The van der Waals surface area contributed by atoms with Gasteiger partial charge in [-0.05, 0) is 6.42 Å². The summed E-state index contributed by atoms with van der Waals surface area (Å²) in [7, 11) is 0. The van der Waals surface area contributed by atoms with Gasteiger partial charge in [-0.2, -0.15) is 0 Å². The molecule has 17 heavy (non-hydrogen) atoms. The molecule has 0 unspecified atom stereocenters. The molecule has 2 heterocycles. The SMILES string of the molecule is CC[C@H]1O[C@@H](n2ccc(=O)[nH]c2=O)[C@H](F)[C@@H]1C. The van der Waals surface area contributed by atoms with Crippen LogP contribution in [0.25, 0.3) is 0 Å². The van der Waals surface area contributed by atoms with Crippen molar-refractivity contribution >= 4 is 0 Å². The van der Waals surface area contributed by atoms with Gasteiger partial charge >= 0.3 is 5.69 Å². The fraction of sp³-hybridized carbons (Fsp3) is 0.636. The zero-order valence-corrected chi connectivity index (χ0v) is 9.72. The van der Waals surface area contributed by atoms with Crippen molar-refractivity contribution in [2.45, 2.75) is 38.8 Å². The first kappa shape index (κ1) is 12.0. The quantitative estimate of drug-likeness (QED) is 0.835. The molecule has 4 atom stereocenters. The highest BCUT2D eigenvalue weighted by molar-refractivity contribution is 4.91. The van der Waals surface area contributed by atoms with Crippen molar-refractivity contribution in [2.24, 2.45) is 5.92 Å². The largest absolute Gasteiger partial charge is 0.351 e. The van der Waals surface area contributed by atoms with Crippen LogP contribution in [0.2, 0.25) is 0 Å². The van der Waals surface area contributed by atoms with Crippen molar-refractivity contribution < 1.29 is 9.13 Å². The maximum atomic E-state index is 14.0. The summed E-state index contributed by atoms with van der Waals surface area (Å²) in [6, 6.07) is 1.18. The van der Waals surface area contributed by atoms with Crippen LogP contribution in [0.1, 0.15) is 26.5 Å². The van der Waals surface area contributed by atoms with Crippen LogP contribution >= 0.6 is 0 Å². The molecule has 2 rings (SSSR count). The number of alkyl halides is 1. The summed E-state index contributed by atoms with van der Waals surface area (Å²) in [5, 5.41) is 0. The van der Waals surface area contributed by atoms with E-state index < -0.39 is 23.6 Å². The highest BCUT2D eigenvalue weighted by Gasteiger charge is 2.42. The normalized spacial score (nSPS) is 32.9. The van der Waals surface area contributed by atoms with Crippen LogP contribution in [-0.4, -0.2) is 21.8 Å². The van der Waals surface area contributed by atoms with Crippen LogP contribution in [0.5, 0.6) is 0 Å². The van der Waals surface area contributed by atoms with Crippen LogP contribution < -0.4 is 11.2 Å². The van der Waals surface area contributed by atoms with E-state index in [2.05, 4.69) is 4.98 Å². The second-order valence-corrected chi connectivity index (χ2v) is 4.29. The van der Waals surface area contributed by atoms with Crippen LogP contribution in [0.4, 0.5) is 4.39 Å². The molecule has 6 heteroatoms. The Balaban J connectivity index is 2.35. The first-order chi connectivity index (χ1) is 8.04. The standard InChI is InChI=1S/C11H15FN2O3/c1-3-7-6(2)9(12)10(17-7)14-5-4-8(15)13-11(14)16/h4-7,9-10H,3H2,1-2H3,(H,13,15,16)/t6-,7-,9-,10-/m1/s1. The summed E-state index contributed by atoms with van der Waals surface area (Å²) in [4.78, 5) is 24.5. The van der Waals surface area contributed by atoms with Crippen LogP contribution in [0.15, 0.2) is 21.9 Å². The highest BCUT2D eigenvalue weighted by Crippen LogP contribution is 2.36. The van der Waals surface area contributed by atoms with E-state index in [9.17, 15) is 14.0 Å². The Bertz CT molecular complexity index is 510. The third-order valence-corrected chi connectivity index (χ3v) is 3.20. The van der Waals surface area contributed by atoms with Gasteiger partial charge in [0.15, 0.2) is 12.4 Å². The molecule has 1 aromatic heterocycles. The molecule has 0 bridgehead atoms. The molecule has 1 aliphatic rings. The van der Waals surface area contributed by atoms with E-state index in [4.69, 9.17) is 4.74 Å². The fourth-order valence-electron chi connectivity index (χ4n) is 2.16. The summed E-state index contributed by atoms with van der Waals surface area (Å²) in [5.74, 6) is -0.260. The van der Waals surface area contributed by atoms with Gasteiger partial charge in [-0.1, -0.05) is 13.8 Å². The lowest BCUT2D eigenvalue weighted by Crippen LogP contribution is -2.34. The van der Waals surface area contributed by atoms with Crippen molar-refractivity contribution in [2.75, 3.05) is 0 Å². The van der Waals surface area contributed by atoms with Gasteiger partial charge in [0.05, 0.1) is 6.10 Å². The molecule has 0 radical (unpaired) electrons. The number of halogens is 1. The van der Waals surface area contributed by atoms with E-state index >= 15 is 0 Å². The van der Waals surface area contributed by atoms with Crippen molar-refractivity contribution in [1.82, 2.24) is 9.55 Å². The van der Waals surface area contributed by atoms with Gasteiger partial charge in [-0.15, -0.1) is 0 Å². The minimum atomic E-state index is -1.25. The minimum Gasteiger partial charge on any atom is -0.351 e. The zero-order valence-electron chi connectivity index (χ0n) is 9.72. The van der Waals surface area contributed by atoms with Crippen molar-refractivity contribution in [3.8, 4) is 0 Å². The Labute approximate surface area is 97.2 Å². The maximum absolute atomic E-state index is 14.0. The third kappa shape index (κ3) is 2.04. The summed E-state index contributed by atoms with van der Waals surface area (Å²) >= 11 is 0. The first-order valence-electron chi connectivity index (χ1n) is 5.65. The van der Waals surface area contributed by atoms with E-state index in [-0.39, 0.29) is 12.0 Å². The molecule has 1 aliphatic heterocycles. The lowest BCUT2D eigenvalue weighted by Gasteiger charge is -2.15. The molecule has 1 fully saturated rings. The van der Waals surface area contributed by atoms with Crippen molar-refractivity contribution in [1.29, 1.82) is 0 Å². The van der Waals surface area contributed by atoms with Crippen molar-refractivity contribution in [3.63, 3.8) is 0 Å². The molecule has 0 spiro atoms. The van der Waals surface area contributed by atoms with Crippen molar-refractivity contribution in [3.05, 3.63) is 33.1 Å². The zero-order chi connectivity index (χ0) is 12.6. The maximum Gasteiger partial charge on any atom is 0.330 e.